The van der Waals surface area contributed by atoms with Crippen molar-refractivity contribution in [2.45, 2.75) is 50.4 Å². The highest BCUT2D eigenvalue weighted by atomic mass is 32.2. The molecule has 0 spiro atoms. The van der Waals surface area contributed by atoms with Gasteiger partial charge in [-0.2, -0.15) is 0 Å². The molecule has 0 bridgehead atoms. The number of nitrogens with one attached hydrogen (secondary N) is 1. The summed E-state index contributed by atoms with van der Waals surface area (Å²) in [6.45, 7) is 2.42. The summed E-state index contributed by atoms with van der Waals surface area (Å²) in [6.07, 6.45) is 4.75. The molecule has 1 aromatic heterocycles. The molecule has 2 unspecified atom stereocenters. The van der Waals surface area contributed by atoms with Crippen molar-refractivity contribution in [3.63, 3.8) is 0 Å². The Kier molecular flexibility index (Phi) is 5.21. The van der Waals surface area contributed by atoms with Crippen LogP contribution in [-0.4, -0.2) is 27.9 Å². The predicted molar refractivity (Wildman–Crippen MR) is 72.5 cm³/mol. The van der Waals surface area contributed by atoms with Gasteiger partial charge in [0.2, 0.25) is 11.8 Å². The molecule has 19 heavy (non-hydrogen) atoms. The molecule has 1 heterocycles. The molecule has 1 amide bonds. The van der Waals surface area contributed by atoms with Gasteiger partial charge in [0, 0.05) is 6.04 Å². The Morgan fingerprint density at radius 3 is 2.95 bits per heavy atom. The number of thioether (sulfide) groups is 1. The molecule has 1 aliphatic rings. The van der Waals surface area contributed by atoms with Gasteiger partial charge in [-0.05, 0) is 18.8 Å². The smallest absolute Gasteiger partial charge is 0.277 e. The van der Waals surface area contributed by atoms with Gasteiger partial charge in [0.1, 0.15) is 0 Å². The Labute approximate surface area is 116 Å². The van der Waals surface area contributed by atoms with Crippen molar-refractivity contribution in [3.05, 3.63) is 5.89 Å². The lowest BCUT2D eigenvalue weighted by atomic mass is 9.86. The van der Waals surface area contributed by atoms with Crippen molar-refractivity contribution >= 4 is 17.7 Å². The molecule has 2 atom stereocenters. The first-order chi connectivity index (χ1) is 9.19. The SMILES string of the molecule is CC1CCCCC1NC(=O)CSc1nnc(CN)o1. The number of rotatable bonds is 5. The summed E-state index contributed by atoms with van der Waals surface area (Å²) in [6, 6.07) is 0.309. The van der Waals surface area contributed by atoms with Crippen LogP contribution in [0.1, 0.15) is 38.5 Å². The monoisotopic (exact) mass is 284 g/mol. The van der Waals surface area contributed by atoms with Crippen LogP contribution >= 0.6 is 11.8 Å². The number of nitrogens with zero attached hydrogens (tertiary/aromatic N) is 2. The second-order valence-corrected chi connectivity index (χ2v) is 5.82. The number of amides is 1. The summed E-state index contributed by atoms with van der Waals surface area (Å²) in [7, 11) is 0. The summed E-state index contributed by atoms with van der Waals surface area (Å²) in [5, 5.41) is 11.0. The number of hydrogen-bond donors (Lipinski definition) is 2. The molecule has 0 saturated heterocycles. The summed E-state index contributed by atoms with van der Waals surface area (Å²) in [4.78, 5) is 11.9. The van der Waals surface area contributed by atoms with Crippen LogP contribution in [0.5, 0.6) is 0 Å². The minimum absolute atomic E-state index is 0.0243. The Morgan fingerprint density at radius 2 is 2.26 bits per heavy atom. The van der Waals surface area contributed by atoms with Gasteiger partial charge in [-0.25, -0.2) is 0 Å². The molecular formula is C12H20N4O2S. The zero-order valence-corrected chi connectivity index (χ0v) is 11.9. The van der Waals surface area contributed by atoms with Gasteiger partial charge in [0.05, 0.1) is 12.3 Å². The van der Waals surface area contributed by atoms with Crippen molar-refractivity contribution in [2.24, 2.45) is 11.7 Å². The van der Waals surface area contributed by atoms with E-state index in [0.29, 0.717) is 28.8 Å². The van der Waals surface area contributed by atoms with E-state index in [-0.39, 0.29) is 12.5 Å². The molecule has 1 aromatic rings. The number of carbonyl (C=O) groups is 1. The highest BCUT2D eigenvalue weighted by molar-refractivity contribution is 7.99. The van der Waals surface area contributed by atoms with Crippen LogP contribution in [0.3, 0.4) is 0 Å². The van der Waals surface area contributed by atoms with Gasteiger partial charge in [-0.1, -0.05) is 31.5 Å². The van der Waals surface area contributed by atoms with E-state index in [4.69, 9.17) is 10.2 Å². The van der Waals surface area contributed by atoms with E-state index < -0.39 is 0 Å². The van der Waals surface area contributed by atoms with Gasteiger partial charge >= 0.3 is 0 Å². The topological polar surface area (TPSA) is 94.0 Å². The minimum atomic E-state index is 0.0243. The molecule has 2 rings (SSSR count). The second kappa shape index (κ2) is 6.91. The molecule has 1 saturated carbocycles. The predicted octanol–water partition coefficient (Wildman–Crippen LogP) is 1.32. The molecular weight excluding hydrogens is 264 g/mol. The summed E-state index contributed by atoms with van der Waals surface area (Å²) >= 11 is 1.25. The first-order valence-electron chi connectivity index (χ1n) is 6.63. The Balaban J connectivity index is 1.74. The van der Waals surface area contributed by atoms with Crippen LogP contribution in [-0.2, 0) is 11.3 Å². The maximum Gasteiger partial charge on any atom is 0.277 e. The summed E-state index contributed by atoms with van der Waals surface area (Å²) in [5.41, 5.74) is 5.37. The van der Waals surface area contributed by atoms with Crippen LogP contribution in [0.15, 0.2) is 9.64 Å². The molecule has 1 fully saturated rings. The molecule has 6 nitrogen and oxygen atoms in total. The van der Waals surface area contributed by atoms with E-state index in [2.05, 4.69) is 22.4 Å². The third-order valence-electron chi connectivity index (χ3n) is 3.41. The number of nitrogens with two attached hydrogens (primary N) is 1. The first-order valence-corrected chi connectivity index (χ1v) is 7.62. The van der Waals surface area contributed by atoms with Crippen LogP contribution in [0.25, 0.3) is 0 Å². The van der Waals surface area contributed by atoms with Gasteiger partial charge in [0.25, 0.3) is 5.22 Å². The molecule has 3 N–H and O–H groups in total. The van der Waals surface area contributed by atoms with Crippen LogP contribution in [0.4, 0.5) is 0 Å². The third kappa shape index (κ3) is 4.21. The quantitative estimate of drug-likeness (QED) is 0.792. The van der Waals surface area contributed by atoms with Crippen molar-refractivity contribution in [1.29, 1.82) is 0 Å². The fourth-order valence-electron chi connectivity index (χ4n) is 2.29. The maximum atomic E-state index is 11.9. The summed E-state index contributed by atoms with van der Waals surface area (Å²) in [5.74, 6) is 1.28. The van der Waals surface area contributed by atoms with Gasteiger partial charge in [0.15, 0.2) is 0 Å². The van der Waals surface area contributed by atoms with Crippen molar-refractivity contribution in [3.8, 4) is 0 Å². The molecule has 106 valence electrons. The summed E-state index contributed by atoms with van der Waals surface area (Å²) < 4.78 is 5.23. The van der Waals surface area contributed by atoms with Crippen LogP contribution < -0.4 is 11.1 Å². The van der Waals surface area contributed by atoms with E-state index >= 15 is 0 Å². The first kappa shape index (κ1) is 14.3. The van der Waals surface area contributed by atoms with Crippen molar-refractivity contribution in [2.75, 3.05) is 5.75 Å². The van der Waals surface area contributed by atoms with E-state index in [0.717, 1.165) is 6.42 Å². The largest absolute Gasteiger partial charge is 0.415 e. The lowest BCUT2D eigenvalue weighted by molar-refractivity contribution is -0.119. The van der Waals surface area contributed by atoms with Gasteiger partial charge in [-0.15, -0.1) is 10.2 Å². The Hall–Kier alpha value is -1.08. The average molecular weight is 284 g/mol. The van der Waals surface area contributed by atoms with E-state index in [9.17, 15) is 4.79 Å². The normalized spacial score (nSPS) is 23.3. The zero-order chi connectivity index (χ0) is 13.7. The standard InChI is InChI=1S/C12H20N4O2S/c1-8-4-2-3-5-9(8)14-10(17)7-19-12-16-15-11(6-13)18-12/h8-9H,2-7,13H2,1H3,(H,14,17). The number of carbonyl (C=O) groups excluding carboxylic acids is 1. The molecule has 1 aliphatic carbocycles. The van der Waals surface area contributed by atoms with E-state index in [1.165, 1.54) is 31.0 Å². The van der Waals surface area contributed by atoms with E-state index in [1.807, 2.05) is 0 Å². The fourth-order valence-corrected chi connectivity index (χ4v) is 2.88. The maximum absolute atomic E-state index is 11.9. The molecule has 0 aromatic carbocycles. The van der Waals surface area contributed by atoms with E-state index in [1.54, 1.807) is 0 Å². The Morgan fingerprint density at radius 1 is 1.47 bits per heavy atom. The van der Waals surface area contributed by atoms with Crippen LogP contribution in [0.2, 0.25) is 0 Å². The lowest BCUT2D eigenvalue weighted by Gasteiger charge is -2.29. The lowest BCUT2D eigenvalue weighted by Crippen LogP contribution is -2.41. The van der Waals surface area contributed by atoms with Gasteiger partial charge in [-0.3, -0.25) is 4.79 Å². The van der Waals surface area contributed by atoms with Crippen molar-refractivity contribution < 1.29 is 9.21 Å². The third-order valence-corrected chi connectivity index (χ3v) is 4.23. The highest BCUT2D eigenvalue weighted by Crippen LogP contribution is 2.24. The molecule has 7 heteroatoms. The van der Waals surface area contributed by atoms with Gasteiger partial charge < -0.3 is 15.5 Å². The average Bonchev–Trinajstić information content (AvgIpc) is 2.87. The zero-order valence-electron chi connectivity index (χ0n) is 11.1. The second-order valence-electron chi connectivity index (χ2n) is 4.89. The highest BCUT2D eigenvalue weighted by Gasteiger charge is 2.22. The van der Waals surface area contributed by atoms with Crippen LogP contribution in [0, 0.1) is 5.92 Å². The van der Waals surface area contributed by atoms with Crippen molar-refractivity contribution in [1.82, 2.24) is 15.5 Å². The fraction of sp³-hybridized carbons (Fsp3) is 0.750. The molecule has 0 radical (unpaired) electrons. The number of hydrogen-bond acceptors (Lipinski definition) is 6. The Bertz CT molecular complexity index is 424. The minimum Gasteiger partial charge on any atom is -0.415 e. The molecule has 0 aliphatic heterocycles. The number of aromatic nitrogens is 2.